The van der Waals surface area contributed by atoms with Crippen molar-refractivity contribution in [2.75, 3.05) is 30.0 Å². The van der Waals surface area contributed by atoms with Crippen LogP contribution in [0, 0.1) is 6.92 Å². The van der Waals surface area contributed by atoms with Crippen LogP contribution in [-0.4, -0.2) is 61.2 Å². The van der Waals surface area contributed by atoms with E-state index >= 15 is 0 Å². The highest BCUT2D eigenvalue weighted by Crippen LogP contribution is 2.33. The smallest absolute Gasteiger partial charge is 0.238 e. The molecule has 2 aromatic heterocycles. The highest BCUT2D eigenvalue weighted by molar-refractivity contribution is 7.95. The van der Waals surface area contributed by atoms with Gasteiger partial charge in [0.15, 0.2) is 6.10 Å². The molecule has 0 saturated carbocycles. The zero-order valence-corrected chi connectivity index (χ0v) is 17.8. The summed E-state index contributed by atoms with van der Waals surface area (Å²) in [5.41, 5.74) is 2.93. The minimum absolute atomic E-state index is 0. The number of nitrogens with one attached hydrogen (secondary N) is 1. The number of aryl methyl sites for hydroxylation is 1. The van der Waals surface area contributed by atoms with E-state index in [1.54, 1.807) is 12.3 Å². The van der Waals surface area contributed by atoms with Gasteiger partial charge in [-0.15, -0.1) is 0 Å². The van der Waals surface area contributed by atoms with Crippen LogP contribution in [0.5, 0.6) is 5.88 Å². The quantitative estimate of drug-likeness (QED) is 0.599. The molecule has 10 heteroatoms. The van der Waals surface area contributed by atoms with Gasteiger partial charge in [-0.3, -0.25) is 0 Å². The third kappa shape index (κ3) is 4.38. The van der Waals surface area contributed by atoms with Crippen LogP contribution in [0.4, 0.5) is 17.2 Å². The molecule has 0 aliphatic carbocycles. The zero-order chi connectivity index (χ0) is 21.4. The lowest BCUT2D eigenvalue weighted by Gasteiger charge is -2.19. The van der Waals surface area contributed by atoms with Crippen molar-refractivity contribution in [3.63, 3.8) is 0 Å². The number of aromatic nitrogens is 3. The first-order valence-corrected chi connectivity index (χ1v) is 12.0. The monoisotopic (exact) mass is 457 g/mol. The minimum atomic E-state index is -2.10. The molecule has 0 bridgehead atoms. The highest BCUT2D eigenvalue weighted by Gasteiger charge is 2.29. The summed E-state index contributed by atoms with van der Waals surface area (Å²) >= 11 is 0. The molecule has 2 fully saturated rings. The number of aliphatic hydroxyl groups excluding tert-OH is 1. The molecule has 2 atom stereocenters. The summed E-state index contributed by atoms with van der Waals surface area (Å²) in [4.78, 5) is 13.1. The van der Waals surface area contributed by atoms with Gasteiger partial charge in [0.1, 0.15) is 23.9 Å². The standard InChI is InChI=1S/C21H23N5O4S.CH4/c1-13-8-14(26-31(28)6-3-7-31)9-16-19(13)20(24-12-23-16)25-15-4-2-5-22-21(15)30-18-11-29-10-17(18)27;/h2,4-5,8-9,12,17-18,27H,3,6-7,10-11H2,1H3,(H,23,24,25);1H4/t17-,18+;/m1./s1. The lowest BCUT2D eigenvalue weighted by atomic mass is 10.1. The molecule has 0 unspecified atom stereocenters. The van der Waals surface area contributed by atoms with E-state index in [4.69, 9.17) is 9.47 Å². The Bertz CT molecular complexity index is 1250. The second-order valence-corrected chi connectivity index (χ2v) is 10.3. The third-order valence-corrected chi connectivity index (χ3v) is 7.80. The number of hydrogen-bond acceptors (Lipinski definition) is 9. The predicted octanol–water partition coefficient (Wildman–Crippen LogP) is 3.35. The molecule has 1 aromatic carbocycles. The van der Waals surface area contributed by atoms with E-state index in [1.807, 2.05) is 25.1 Å². The summed E-state index contributed by atoms with van der Waals surface area (Å²) in [5, 5.41) is 14.1. The molecule has 4 heterocycles. The van der Waals surface area contributed by atoms with E-state index < -0.39 is 21.9 Å². The van der Waals surface area contributed by atoms with Gasteiger partial charge in [0.2, 0.25) is 5.88 Å². The largest absolute Gasteiger partial charge is 0.468 e. The fourth-order valence-corrected chi connectivity index (χ4v) is 5.14. The fraction of sp³-hybridized carbons (Fsp3) is 0.409. The van der Waals surface area contributed by atoms with Crippen molar-refractivity contribution >= 4 is 37.8 Å². The van der Waals surface area contributed by atoms with Crippen molar-refractivity contribution in [1.82, 2.24) is 15.0 Å². The van der Waals surface area contributed by atoms with Gasteiger partial charge in [0.25, 0.3) is 0 Å². The Kier molecular flexibility index (Phi) is 6.27. The summed E-state index contributed by atoms with van der Waals surface area (Å²) in [7, 11) is -2.10. The van der Waals surface area contributed by atoms with Crippen LogP contribution in [0.25, 0.3) is 10.9 Å². The van der Waals surface area contributed by atoms with Crippen LogP contribution < -0.4 is 10.1 Å². The van der Waals surface area contributed by atoms with Crippen LogP contribution in [0.15, 0.2) is 41.2 Å². The van der Waals surface area contributed by atoms with Gasteiger partial charge in [-0.2, -0.15) is 4.36 Å². The fourth-order valence-electron chi connectivity index (χ4n) is 3.68. The minimum Gasteiger partial charge on any atom is -0.468 e. The molecule has 170 valence electrons. The number of aliphatic hydroxyl groups is 1. The summed E-state index contributed by atoms with van der Waals surface area (Å²) in [5.74, 6) is 2.27. The average Bonchev–Trinajstić information content (AvgIpc) is 3.12. The third-order valence-electron chi connectivity index (χ3n) is 5.41. The Morgan fingerprint density at radius 2 is 2.09 bits per heavy atom. The number of rotatable bonds is 5. The number of benzene rings is 1. The van der Waals surface area contributed by atoms with Crippen LogP contribution in [0.3, 0.4) is 0 Å². The Hall–Kier alpha value is -2.82. The molecule has 3 aromatic rings. The zero-order valence-electron chi connectivity index (χ0n) is 17.0. The maximum Gasteiger partial charge on any atom is 0.238 e. The van der Waals surface area contributed by atoms with Crippen LogP contribution >= 0.6 is 0 Å². The van der Waals surface area contributed by atoms with Gasteiger partial charge in [0, 0.05) is 23.1 Å². The van der Waals surface area contributed by atoms with E-state index in [0.29, 0.717) is 46.7 Å². The first-order chi connectivity index (χ1) is 15.0. The number of pyridine rings is 1. The topological polar surface area (TPSA) is 119 Å². The lowest BCUT2D eigenvalue weighted by molar-refractivity contribution is 0.0709. The first-order valence-electron chi connectivity index (χ1n) is 10.1. The van der Waals surface area contributed by atoms with E-state index in [0.717, 1.165) is 17.4 Å². The Morgan fingerprint density at radius 3 is 2.81 bits per heavy atom. The lowest BCUT2D eigenvalue weighted by Crippen LogP contribution is -2.30. The van der Waals surface area contributed by atoms with Crippen LogP contribution in [-0.2, 0) is 14.5 Å². The second-order valence-electron chi connectivity index (χ2n) is 7.75. The molecule has 0 spiro atoms. The van der Waals surface area contributed by atoms with Crippen molar-refractivity contribution in [1.29, 1.82) is 0 Å². The number of ether oxygens (including phenoxy) is 2. The maximum atomic E-state index is 12.5. The Morgan fingerprint density at radius 1 is 1.25 bits per heavy atom. The van der Waals surface area contributed by atoms with Crippen molar-refractivity contribution in [2.45, 2.75) is 33.0 Å². The number of hydrogen-bond donors (Lipinski definition) is 2. The molecule has 0 radical (unpaired) electrons. The summed E-state index contributed by atoms with van der Waals surface area (Å²) in [6.45, 7) is 2.51. The van der Waals surface area contributed by atoms with Crippen molar-refractivity contribution in [3.8, 4) is 5.88 Å². The van der Waals surface area contributed by atoms with E-state index in [9.17, 15) is 9.32 Å². The molecular weight excluding hydrogens is 430 g/mol. The van der Waals surface area contributed by atoms with Gasteiger partial charge in [0.05, 0.1) is 34.1 Å². The van der Waals surface area contributed by atoms with E-state index in [-0.39, 0.29) is 14.0 Å². The van der Waals surface area contributed by atoms with Gasteiger partial charge < -0.3 is 19.9 Å². The SMILES string of the molecule is C.Cc1cc(N=S2(=O)CCC2)cc2ncnc(Nc3cccnc3O[C@H]3COC[C@H]3O)c12. The van der Waals surface area contributed by atoms with Crippen molar-refractivity contribution in [2.24, 2.45) is 4.36 Å². The number of nitrogens with zero attached hydrogens (tertiary/aromatic N) is 4. The van der Waals surface area contributed by atoms with E-state index in [1.165, 1.54) is 6.33 Å². The van der Waals surface area contributed by atoms with Crippen molar-refractivity contribution < 1.29 is 18.8 Å². The number of anilines is 2. The molecule has 5 rings (SSSR count). The second kappa shape index (κ2) is 8.97. The summed E-state index contributed by atoms with van der Waals surface area (Å²) < 4.78 is 28.1. The normalized spacial score (nSPS) is 21.4. The number of fused-ring (bicyclic) bond motifs is 1. The Balaban J connectivity index is 0.00000245. The van der Waals surface area contributed by atoms with Gasteiger partial charge in [-0.05, 0) is 43.2 Å². The van der Waals surface area contributed by atoms with Gasteiger partial charge in [-0.1, -0.05) is 7.43 Å². The van der Waals surface area contributed by atoms with Gasteiger partial charge in [-0.25, -0.2) is 19.2 Å². The first kappa shape index (κ1) is 22.4. The molecule has 32 heavy (non-hydrogen) atoms. The predicted molar refractivity (Wildman–Crippen MR) is 124 cm³/mol. The van der Waals surface area contributed by atoms with Crippen LogP contribution in [0.1, 0.15) is 19.4 Å². The average molecular weight is 458 g/mol. The molecule has 0 amide bonds. The Labute approximate surface area is 187 Å². The van der Waals surface area contributed by atoms with Gasteiger partial charge >= 0.3 is 0 Å². The highest BCUT2D eigenvalue weighted by atomic mass is 32.2. The molecule has 2 aliphatic rings. The molecule has 2 saturated heterocycles. The molecule has 2 N–H and O–H groups in total. The van der Waals surface area contributed by atoms with Crippen molar-refractivity contribution in [3.05, 3.63) is 42.4 Å². The van der Waals surface area contributed by atoms with Crippen LogP contribution in [0.2, 0.25) is 0 Å². The summed E-state index contributed by atoms with van der Waals surface area (Å²) in [6, 6.07) is 7.37. The van der Waals surface area contributed by atoms with E-state index in [2.05, 4.69) is 24.6 Å². The molecule has 2 aliphatic heterocycles. The maximum absolute atomic E-state index is 12.5. The molecule has 9 nitrogen and oxygen atoms in total. The molecular formula is C22H27N5O4S. The summed E-state index contributed by atoms with van der Waals surface area (Å²) in [6.07, 6.45) is 2.90.